The lowest BCUT2D eigenvalue weighted by Crippen LogP contribution is -2.33. The quantitative estimate of drug-likeness (QED) is 0.502. The van der Waals surface area contributed by atoms with Gasteiger partial charge in [0.05, 0.1) is 7.11 Å². The normalized spacial score (nSPS) is 14.4. The monoisotopic (exact) mass is 431 g/mol. The Morgan fingerprint density at radius 3 is 2.50 bits per heavy atom. The van der Waals surface area contributed by atoms with E-state index in [4.69, 9.17) is 4.74 Å². The average molecular weight is 432 g/mol. The molecule has 1 fully saturated rings. The molecule has 0 atom stereocenters. The summed E-state index contributed by atoms with van der Waals surface area (Å²) in [5, 5.41) is 6.12. The minimum Gasteiger partial charge on any atom is -0.495 e. The fraction of sp³-hybridized carbons (Fsp3) is 0.409. The zero-order valence-corrected chi connectivity index (χ0v) is 18.0. The molecule has 0 radical (unpaired) electrons. The maximum absolute atomic E-state index is 12.8. The number of rotatable bonds is 10. The van der Waals surface area contributed by atoms with Crippen LogP contribution in [-0.4, -0.2) is 40.6 Å². The van der Waals surface area contributed by atoms with Crippen LogP contribution in [0.25, 0.3) is 0 Å². The van der Waals surface area contributed by atoms with E-state index < -0.39 is 10.0 Å². The summed E-state index contributed by atoms with van der Waals surface area (Å²) in [5.74, 6) is -0.0845. The van der Waals surface area contributed by atoms with Gasteiger partial charge < -0.3 is 15.4 Å². The molecule has 0 bridgehead atoms. The van der Waals surface area contributed by atoms with Crippen molar-refractivity contribution in [2.24, 2.45) is 0 Å². The molecule has 0 unspecified atom stereocenters. The molecule has 1 aliphatic rings. The lowest BCUT2D eigenvalue weighted by atomic mass is 10.2. The van der Waals surface area contributed by atoms with Gasteiger partial charge >= 0.3 is 0 Å². The minimum absolute atomic E-state index is 0.00436. The number of para-hydroxylation sites is 1. The lowest BCUT2D eigenvalue weighted by molar-refractivity contribution is 0.0953. The second-order valence-electron chi connectivity index (χ2n) is 7.37. The third kappa shape index (κ3) is 5.96. The summed E-state index contributed by atoms with van der Waals surface area (Å²) < 4.78 is 33.7. The Kier molecular flexibility index (Phi) is 7.70. The van der Waals surface area contributed by atoms with E-state index in [9.17, 15) is 13.2 Å². The first kappa shape index (κ1) is 22.1. The third-order valence-corrected chi connectivity index (χ3v) is 6.68. The number of ether oxygens (including phenoxy) is 1. The van der Waals surface area contributed by atoms with Crippen LogP contribution in [0, 0.1) is 0 Å². The number of hydrogen-bond acceptors (Lipinski definition) is 5. The summed E-state index contributed by atoms with van der Waals surface area (Å²) in [4.78, 5) is 12.5. The van der Waals surface area contributed by atoms with Crippen LogP contribution in [0.15, 0.2) is 53.4 Å². The number of carbonyl (C=O) groups is 1. The second-order valence-corrected chi connectivity index (χ2v) is 9.05. The van der Waals surface area contributed by atoms with Gasteiger partial charge in [0.25, 0.3) is 5.91 Å². The van der Waals surface area contributed by atoms with E-state index in [1.54, 1.807) is 6.07 Å². The molecule has 162 valence electrons. The Morgan fingerprint density at radius 2 is 1.80 bits per heavy atom. The van der Waals surface area contributed by atoms with E-state index in [0.717, 1.165) is 44.3 Å². The van der Waals surface area contributed by atoms with Crippen molar-refractivity contribution >= 4 is 21.6 Å². The first-order valence-electron chi connectivity index (χ1n) is 10.3. The fourth-order valence-corrected chi connectivity index (χ4v) is 5.04. The molecule has 0 aromatic heterocycles. The highest BCUT2D eigenvalue weighted by Crippen LogP contribution is 2.27. The Balaban J connectivity index is 1.58. The molecule has 2 aromatic rings. The molecular formula is C22H29N3O4S. The molecule has 3 rings (SSSR count). The summed E-state index contributed by atoms with van der Waals surface area (Å²) in [5.41, 5.74) is 1.32. The molecule has 0 aliphatic heterocycles. The van der Waals surface area contributed by atoms with Gasteiger partial charge in [0.15, 0.2) is 0 Å². The van der Waals surface area contributed by atoms with Crippen molar-refractivity contribution in [2.75, 3.05) is 25.5 Å². The SMILES string of the molecule is COc1ccc(C(=O)NCCCNc2ccccc2)cc1S(=O)(=O)NC1CCCC1. The Labute approximate surface area is 178 Å². The Bertz CT molecular complexity index is 942. The zero-order valence-electron chi connectivity index (χ0n) is 17.2. The molecule has 0 saturated heterocycles. The van der Waals surface area contributed by atoms with Gasteiger partial charge in [0, 0.05) is 30.4 Å². The third-order valence-electron chi connectivity index (χ3n) is 5.13. The number of anilines is 1. The number of nitrogens with one attached hydrogen (secondary N) is 3. The Morgan fingerprint density at radius 1 is 1.07 bits per heavy atom. The highest BCUT2D eigenvalue weighted by molar-refractivity contribution is 7.89. The molecule has 1 amide bonds. The number of hydrogen-bond donors (Lipinski definition) is 3. The van der Waals surface area contributed by atoms with Crippen molar-refractivity contribution < 1.29 is 17.9 Å². The molecule has 1 saturated carbocycles. The molecule has 2 aromatic carbocycles. The first-order chi connectivity index (χ1) is 14.5. The number of methoxy groups -OCH3 is 1. The number of amides is 1. The molecule has 0 heterocycles. The van der Waals surface area contributed by atoms with Crippen LogP contribution in [0.3, 0.4) is 0 Å². The van der Waals surface area contributed by atoms with Crippen LogP contribution in [0.4, 0.5) is 5.69 Å². The van der Waals surface area contributed by atoms with E-state index in [1.807, 2.05) is 30.3 Å². The van der Waals surface area contributed by atoms with Crippen molar-refractivity contribution in [1.29, 1.82) is 0 Å². The van der Waals surface area contributed by atoms with Gasteiger partial charge in [-0.3, -0.25) is 4.79 Å². The van der Waals surface area contributed by atoms with Crippen LogP contribution in [0.1, 0.15) is 42.5 Å². The van der Waals surface area contributed by atoms with Gasteiger partial charge in [0.2, 0.25) is 10.0 Å². The van der Waals surface area contributed by atoms with E-state index in [-0.39, 0.29) is 22.6 Å². The number of sulfonamides is 1. The van der Waals surface area contributed by atoms with Gasteiger partial charge in [-0.05, 0) is 49.6 Å². The van der Waals surface area contributed by atoms with E-state index in [0.29, 0.717) is 12.1 Å². The van der Waals surface area contributed by atoms with Crippen LogP contribution in [0.5, 0.6) is 5.75 Å². The van der Waals surface area contributed by atoms with E-state index in [2.05, 4.69) is 15.4 Å². The van der Waals surface area contributed by atoms with Crippen molar-refractivity contribution in [1.82, 2.24) is 10.0 Å². The van der Waals surface area contributed by atoms with Crippen LogP contribution in [0.2, 0.25) is 0 Å². The lowest BCUT2D eigenvalue weighted by Gasteiger charge is -2.16. The molecule has 8 heteroatoms. The van der Waals surface area contributed by atoms with Gasteiger partial charge in [-0.2, -0.15) is 0 Å². The maximum Gasteiger partial charge on any atom is 0.251 e. The van der Waals surface area contributed by atoms with Crippen molar-refractivity contribution in [3.8, 4) is 5.75 Å². The number of carbonyl (C=O) groups excluding carboxylic acids is 1. The highest BCUT2D eigenvalue weighted by Gasteiger charge is 2.26. The van der Waals surface area contributed by atoms with Gasteiger partial charge in [-0.1, -0.05) is 31.0 Å². The standard InChI is InChI=1S/C22H29N3O4S/c1-29-20-13-12-17(16-21(20)30(27,28)25-19-10-5-6-11-19)22(26)24-15-7-14-23-18-8-3-2-4-9-18/h2-4,8-9,12-13,16,19,23,25H,5-7,10-11,14-15H2,1H3,(H,24,26). The summed E-state index contributed by atoms with van der Waals surface area (Å²) in [6.07, 6.45) is 4.44. The molecule has 7 nitrogen and oxygen atoms in total. The van der Waals surface area contributed by atoms with Crippen molar-refractivity contribution in [3.05, 3.63) is 54.1 Å². The predicted octanol–water partition coefficient (Wildman–Crippen LogP) is 3.15. The molecule has 0 spiro atoms. The smallest absolute Gasteiger partial charge is 0.251 e. The number of benzene rings is 2. The molecule has 1 aliphatic carbocycles. The highest BCUT2D eigenvalue weighted by atomic mass is 32.2. The Hall–Kier alpha value is -2.58. The summed E-state index contributed by atoms with van der Waals surface area (Å²) in [6, 6.07) is 14.3. The summed E-state index contributed by atoms with van der Waals surface area (Å²) in [7, 11) is -2.35. The van der Waals surface area contributed by atoms with Crippen LogP contribution < -0.4 is 20.1 Å². The first-order valence-corrected chi connectivity index (χ1v) is 11.8. The second kappa shape index (κ2) is 10.4. The zero-order chi connectivity index (χ0) is 21.4. The van der Waals surface area contributed by atoms with E-state index in [1.165, 1.54) is 19.2 Å². The minimum atomic E-state index is -3.77. The van der Waals surface area contributed by atoms with Gasteiger partial charge in [-0.25, -0.2) is 13.1 Å². The van der Waals surface area contributed by atoms with E-state index >= 15 is 0 Å². The summed E-state index contributed by atoms with van der Waals surface area (Å²) >= 11 is 0. The topological polar surface area (TPSA) is 96.5 Å². The summed E-state index contributed by atoms with van der Waals surface area (Å²) in [6.45, 7) is 1.20. The van der Waals surface area contributed by atoms with Crippen molar-refractivity contribution in [3.63, 3.8) is 0 Å². The molecule has 30 heavy (non-hydrogen) atoms. The molecule has 3 N–H and O–H groups in total. The van der Waals surface area contributed by atoms with Gasteiger partial charge in [-0.15, -0.1) is 0 Å². The maximum atomic E-state index is 12.8. The average Bonchev–Trinajstić information content (AvgIpc) is 3.26. The van der Waals surface area contributed by atoms with Crippen molar-refractivity contribution in [2.45, 2.75) is 43.0 Å². The largest absolute Gasteiger partial charge is 0.495 e. The predicted molar refractivity (Wildman–Crippen MR) is 117 cm³/mol. The fourth-order valence-electron chi connectivity index (χ4n) is 3.54. The molecular weight excluding hydrogens is 402 g/mol. The van der Waals surface area contributed by atoms with Crippen LogP contribution in [-0.2, 0) is 10.0 Å². The van der Waals surface area contributed by atoms with Crippen LogP contribution >= 0.6 is 0 Å². The van der Waals surface area contributed by atoms with Gasteiger partial charge in [0.1, 0.15) is 10.6 Å².